The minimum atomic E-state index is 0.628. The van der Waals surface area contributed by atoms with Gasteiger partial charge in [-0.05, 0) is 99.8 Å². The van der Waals surface area contributed by atoms with E-state index in [0.29, 0.717) is 17.5 Å². The molecule has 0 radical (unpaired) electrons. The van der Waals surface area contributed by atoms with Gasteiger partial charge in [0.05, 0.1) is 61.6 Å². The minimum absolute atomic E-state index is 0.628. The summed E-state index contributed by atoms with van der Waals surface area (Å²) in [5, 5.41) is 11.2. The molecule has 9 heteroatoms. The van der Waals surface area contributed by atoms with Gasteiger partial charge in [0.2, 0.25) is 0 Å². The van der Waals surface area contributed by atoms with Crippen molar-refractivity contribution in [3.63, 3.8) is 0 Å². The van der Waals surface area contributed by atoms with Crippen LogP contribution in [0.5, 0.6) is 0 Å². The lowest BCUT2D eigenvalue weighted by Gasteiger charge is -2.11. The molecule has 0 atom stereocenters. The van der Waals surface area contributed by atoms with E-state index >= 15 is 0 Å². The Bertz CT molecular complexity index is 6250. The van der Waals surface area contributed by atoms with Gasteiger partial charge < -0.3 is 0 Å². The van der Waals surface area contributed by atoms with Crippen molar-refractivity contribution < 1.29 is 0 Å². The second-order valence-electron chi connectivity index (χ2n) is 24.5. The highest BCUT2D eigenvalue weighted by atomic mass is 15.0. The van der Waals surface area contributed by atoms with Crippen molar-refractivity contribution in [1.82, 2.24) is 44.9 Å². The molecule has 0 saturated heterocycles. The lowest BCUT2D eigenvalue weighted by atomic mass is 9.97. The van der Waals surface area contributed by atoms with E-state index in [2.05, 4.69) is 260 Å². The van der Waals surface area contributed by atoms with Crippen LogP contribution in [0.25, 0.3) is 189 Å². The molecule has 0 amide bonds. The molecule has 7 heterocycles. The molecule has 0 unspecified atom stereocenters. The number of fused-ring (bicyclic) bond motifs is 10. The molecule has 0 N–H and O–H groups in total. The van der Waals surface area contributed by atoms with Crippen molar-refractivity contribution in [3.8, 4) is 102 Å². The molecule has 12 aromatic carbocycles. The third-order valence-corrected chi connectivity index (χ3v) is 18.4. The lowest BCUT2D eigenvalue weighted by molar-refractivity contribution is 1.07. The Morgan fingerprint density at radius 2 is 0.531 bits per heavy atom. The average Bonchev–Trinajstić information content (AvgIpc) is 0.781. The Labute approximate surface area is 563 Å². The molecule has 19 rings (SSSR count). The molecule has 0 aliphatic rings. The first-order valence-electron chi connectivity index (χ1n) is 32.7. The third kappa shape index (κ3) is 11.0. The highest BCUT2D eigenvalue weighted by Gasteiger charge is 2.17. The van der Waals surface area contributed by atoms with Crippen molar-refractivity contribution >= 4 is 87.0 Å². The molecule has 0 bridgehead atoms. The zero-order valence-electron chi connectivity index (χ0n) is 52.8. The van der Waals surface area contributed by atoms with Crippen LogP contribution in [-0.4, -0.2) is 44.9 Å². The molecule has 456 valence electrons. The van der Waals surface area contributed by atoms with Gasteiger partial charge in [0.15, 0.2) is 17.5 Å². The predicted octanol–water partition coefficient (Wildman–Crippen LogP) is 22.2. The van der Waals surface area contributed by atoms with Gasteiger partial charge in [-0.3, -0.25) is 4.98 Å². The largest absolute Gasteiger partial charge is 0.256 e. The first kappa shape index (κ1) is 57.3. The number of benzene rings is 12. The monoisotopic (exact) mass is 1250 g/mol. The summed E-state index contributed by atoms with van der Waals surface area (Å²) < 4.78 is 0. The normalized spacial score (nSPS) is 11.5. The summed E-state index contributed by atoms with van der Waals surface area (Å²) in [6, 6.07) is 113. The third-order valence-electron chi connectivity index (χ3n) is 18.4. The van der Waals surface area contributed by atoms with E-state index in [4.69, 9.17) is 39.9 Å². The summed E-state index contributed by atoms with van der Waals surface area (Å²) in [6.07, 6.45) is 1.85. The number of hydrogen-bond acceptors (Lipinski definition) is 9. The number of nitrogens with zero attached hydrogens (tertiary/aromatic N) is 9. The second kappa shape index (κ2) is 24.5. The highest BCUT2D eigenvalue weighted by molar-refractivity contribution is 6.12. The van der Waals surface area contributed by atoms with E-state index < -0.39 is 0 Å². The fourth-order valence-corrected chi connectivity index (χ4v) is 13.3. The van der Waals surface area contributed by atoms with E-state index in [1.54, 1.807) is 0 Å². The Hall–Kier alpha value is -13.4. The van der Waals surface area contributed by atoms with Gasteiger partial charge in [-0.1, -0.05) is 261 Å². The van der Waals surface area contributed by atoms with Gasteiger partial charge in [0, 0.05) is 82.7 Å². The van der Waals surface area contributed by atoms with E-state index in [9.17, 15) is 0 Å². The molecule has 98 heavy (non-hydrogen) atoms. The minimum Gasteiger partial charge on any atom is -0.256 e. The molecule has 19 aromatic rings. The van der Waals surface area contributed by atoms with Crippen LogP contribution in [0, 0.1) is 0 Å². The molecule has 0 saturated carbocycles. The summed E-state index contributed by atoms with van der Waals surface area (Å²) >= 11 is 0. The molecule has 0 fully saturated rings. The van der Waals surface area contributed by atoms with Crippen LogP contribution in [0.2, 0.25) is 0 Å². The average molecular weight is 1250 g/mol. The van der Waals surface area contributed by atoms with E-state index in [1.165, 1.54) is 16.5 Å². The van der Waals surface area contributed by atoms with Crippen LogP contribution < -0.4 is 0 Å². The summed E-state index contributed by atoms with van der Waals surface area (Å²) in [7, 11) is 0. The zero-order valence-corrected chi connectivity index (χ0v) is 52.8. The number of rotatable bonds is 9. The fourth-order valence-electron chi connectivity index (χ4n) is 13.3. The number of pyridine rings is 6. The van der Waals surface area contributed by atoms with Crippen LogP contribution in [0.3, 0.4) is 0 Å². The highest BCUT2D eigenvalue weighted by Crippen LogP contribution is 2.37. The standard InChI is InChI=1S/C52H32N6.C37H23N3/c1-3-10-38(11-4-1)50-56-51(39-12-5-2-6-13-39)58-52(57-50)40-21-15-33(16-22-40)41-23-18-35-25-28-44(53-47(35)31-41)42-24-19-36-26-29-45(54-48(36)32-42)46-30-27-37-20-17-34-9-7-8-14-43(34)49(37)55-46;1-2-7-24(8-3-1)27-14-12-25-16-18-33(39-35(25)22-27)28-15-13-26-17-19-34(40-36(26)23-28)32-21-29-9-6-20-38-37(29)31-11-5-4-10-30(31)32/h1-32H;1-23H. The van der Waals surface area contributed by atoms with Crippen LogP contribution in [-0.2, 0) is 0 Å². The molecular formula is C89H55N9. The SMILES string of the molecule is c1ccc(-c2ccc3ccc(-c4ccc5ccc(-c6cc7cccnc7c7ccccc67)nc5c4)nc3c2)cc1.c1ccc(-c2nc(-c3ccccc3)nc(-c3ccc(-c4ccc5ccc(-c6ccc7ccc(-c8ccc9ccc%10ccccc%10c9n8)nc7c6)nc5c4)cc3)n2)cc1. The van der Waals surface area contributed by atoms with Gasteiger partial charge in [-0.2, -0.15) is 0 Å². The number of hydrogen-bond donors (Lipinski definition) is 0. The van der Waals surface area contributed by atoms with E-state index in [-0.39, 0.29) is 0 Å². The van der Waals surface area contributed by atoms with Gasteiger partial charge in [0.25, 0.3) is 0 Å². The molecule has 0 spiro atoms. The first-order valence-corrected chi connectivity index (χ1v) is 32.7. The van der Waals surface area contributed by atoms with Crippen LogP contribution in [0.4, 0.5) is 0 Å². The van der Waals surface area contributed by atoms with Crippen molar-refractivity contribution in [1.29, 1.82) is 0 Å². The van der Waals surface area contributed by atoms with E-state index in [1.807, 2.05) is 79.0 Å². The summed E-state index contributed by atoms with van der Waals surface area (Å²) in [4.78, 5) is 44.9. The molecule has 0 aliphatic carbocycles. The Morgan fingerprint density at radius 3 is 1.10 bits per heavy atom. The molecular weight excluding hydrogens is 1200 g/mol. The Kier molecular flexibility index (Phi) is 14.3. The molecule has 9 nitrogen and oxygen atoms in total. The number of aromatic nitrogens is 9. The van der Waals surface area contributed by atoms with Crippen molar-refractivity contribution in [2.75, 3.05) is 0 Å². The Morgan fingerprint density at radius 1 is 0.173 bits per heavy atom. The smallest absolute Gasteiger partial charge is 0.164 e. The maximum Gasteiger partial charge on any atom is 0.164 e. The van der Waals surface area contributed by atoms with Gasteiger partial charge in [-0.15, -0.1) is 0 Å². The van der Waals surface area contributed by atoms with Gasteiger partial charge >= 0.3 is 0 Å². The van der Waals surface area contributed by atoms with Gasteiger partial charge in [0.1, 0.15) is 0 Å². The predicted molar refractivity (Wildman–Crippen MR) is 402 cm³/mol. The quantitative estimate of drug-likeness (QED) is 0.130. The van der Waals surface area contributed by atoms with Crippen molar-refractivity contribution in [3.05, 3.63) is 334 Å². The summed E-state index contributed by atoms with van der Waals surface area (Å²) in [6.45, 7) is 0. The first-order chi connectivity index (χ1) is 48.5. The lowest BCUT2D eigenvalue weighted by Crippen LogP contribution is -2.00. The topological polar surface area (TPSA) is 116 Å². The summed E-state index contributed by atoms with van der Waals surface area (Å²) in [5.74, 6) is 1.91. The van der Waals surface area contributed by atoms with Crippen LogP contribution >= 0.6 is 0 Å². The zero-order chi connectivity index (χ0) is 64.9. The van der Waals surface area contributed by atoms with Gasteiger partial charge in [-0.25, -0.2) is 39.9 Å². The summed E-state index contributed by atoms with van der Waals surface area (Å²) in [5.41, 5.74) is 20.7. The maximum atomic E-state index is 5.16. The van der Waals surface area contributed by atoms with Crippen molar-refractivity contribution in [2.24, 2.45) is 0 Å². The van der Waals surface area contributed by atoms with Crippen molar-refractivity contribution in [2.45, 2.75) is 0 Å². The second-order valence-corrected chi connectivity index (χ2v) is 24.5. The fraction of sp³-hybridized carbons (Fsp3) is 0. The Balaban J connectivity index is 0.000000152. The molecule has 7 aromatic heterocycles. The van der Waals surface area contributed by atoms with Crippen LogP contribution in [0.1, 0.15) is 0 Å². The van der Waals surface area contributed by atoms with E-state index in [0.717, 1.165) is 155 Å². The maximum absolute atomic E-state index is 5.16. The van der Waals surface area contributed by atoms with Crippen LogP contribution in [0.15, 0.2) is 334 Å². The molecule has 0 aliphatic heterocycles.